The molecule has 0 aromatic heterocycles. The summed E-state index contributed by atoms with van der Waals surface area (Å²) in [6.07, 6.45) is 0. The number of para-hydroxylation sites is 2. The summed E-state index contributed by atoms with van der Waals surface area (Å²) in [5, 5.41) is 0. The van der Waals surface area contributed by atoms with Gasteiger partial charge < -0.3 is 9.64 Å². The van der Waals surface area contributed by atoms with Gasteiger partial charge in [-0.05, 0) is 82.9 Å². The minimum atomic E-state index is -0.130. The van der Waals surface area contributed by atoms with Crippen LogP contribution >= 0.6 is 31.9 Å². The van der Waals surface area contributed by atoms with E-state index in [1.807, 2.05) is 12.1 Å². The Morgan fingerprint density at radius 1 is 0.488 bits per heavy atom. The zero-order chi connectivity index (χ0) is 29.2. The third kappa shape index (κ3) is 6.00. The Hall–Kier alpha value is -3.34. The van der Waals surface area contributed by atoms with E-state index in [0.29, 0.717) is 0 Å². The van der Waals surface area contributed by atoms with E-state index in [0.717, 1.165) is 31.8 Å². The minimum Gasteiger partial charge on any atom is -0.495 e. The van der Waals surface area contributed by atoms with Crippen molar-refractivity contribution in [1.29, 1.82) is 0 Å². The largest absolute Gasteiger partial charge is 0.495 e. The van der Waals surface area contributed by atoms with Gasteiger partial charge in [-0.1, -0.05) is 120 Å². The van der Waals surface area contributed by atoms with Crippen LogP contribution in [0.5, 0.6) is 5.75 Å². The second-order valence-corrected chi connectivity index (χ2v) is 13.2. The monoisotopic (exact) mass is 667 g/mol. The molecule has 0 heterocycles. The number of hydrogen-bond acceptors (Lipinski definition) is 2. The molecule has 5 rings (SSSR count). The first-order chi connectivity index (χ1) is 19.6. The third-order valence-electron chi connectivity index (χ3n) is 8.15. The van der Waals surface area contributed by atoms with Gasteiger partial charge in [0, 0.05) is 31.2 Å². The second kappa shape index (κ2) is 11.9. The van der Waals surface area contributed by atoms with Crippen LogP contribution in [0.1, 0.15) is 49.9 Å². The molecule has 208 valence electrons. The molecular weight excluding hydrogens is 634 g/mol. The van der Waals surface area contributed by atoms with Crippen molar-refractivity contribution in [1.82, 2.24) is 0 Å². The summed E-state index contributed by atoms with van der Waals surface area (Å²) < 4.78 is 7.99. The summed E-state index contributed by atoms with van der Waals surface area (Å²) in [7, 11) is 1.73. The van der Waals surface area contributed by atoms with Crippen molar-refractivity contribution in [3.05, 3.63) is 153 Å². The molecule has 0 aliphatic carbocycles. The van der Waals surface area contributed by atoms with Crippen LogP contribution in [0.3, 0.4) is 0 Å². The predicted octanol–water partition coefficient (Wildman–Crippen LogP) is 11.3. The van der Waals surface area contributed by atoms with Crippen molar-refractivity contribution < 1.29 is 4.74 Å². The molecule has 5 aromatic rings. The smallest absolute Gasteiger partial charge is 0.142 e. The molecule has 41 heavy (non-hydrogen) atoms. The normalized spacial score (nSPS) is 11.8. The highest BCUT2D eigenvalue weighted by Gasteiger charge is 2.26. The molecule has 0 bridgehead atoms. The summed E-state index contributed by atoms with van der Waals surface area (Å²) in [4.78, 5) is 2.27. The van der Waals surface area contributed by atoms with Crippen molar-refractivity contribution in [2.24, 2.45) is 0 Å². The highest BCUT2D eigenvalue weighted by molar-refractivity contribution is 9.10. The number of ether oxygens (including phenoxy) is 1. The van der Waals surface area contributed by atoms with Crippen LogP contribution in [0.4, 0.5) is 17.1 Å². The van der Waals surface area contributed by atoms with E-state index in [-0.39, 0.29) is 10.8 Å². The van der Waals surface area contributed by atoms with E-state index in [1.54, 1.807) is 7.11 Å². The molecule has 0 aliphatic heterocycles. The molecule has 0 N–H and O–H groups in total. The molecular formula is C37H35Br2NO. The van der Waals surface area contributed by atoms with Crippen LogP contribution in [0.25, 0.3) is 0 Å². The third-order valence-corrected chi connectivity index (χ3v) is 9.21. The molecule has 0 aliphatic rings. The molecule has 4 heteroatoms. The maximum Gasteiger partial charge on any atom is 0.142 e. The minimum absolute atomic E-state index is 0.130. The predicted molar refractivity (Wildman–Crippen MR) is 180 cm³/mol. The number of halogens is 2. The number of methoxy groups -OCH3 is 1. The van der Waals surface area contributed by atoms with Gasteiger partial charge in [0.1, 0.15) is 5.75 Å². The number of anilines is 3. The lowest BCUT2D eigenvalue weighted by Crippen LogP contribution is -2.20. The maximum atomic E-state index is 5.81. The molecule has 2 nitrogen and oxygen atoms in total. The number of benzene rings is 5. The Balaban J connectivity index is 1.54. The zero-order valence-corrected chi connectivity index (χ0v) is 27.3. The fourth-order valence-electron chi connectivity index (χ4n) is 5.36. The molecule has 0 amide bonds. The van der Waals surface area contributed by atoms with Gasteiger partial charge >= 0.3 is 0 Å². The number of rotatable bonds is 8. The lowest BCUT2D eigenvalue weighted by atomic mass is 9.78. The molecule has 0 fully saturated rings. The number of hydrogen-bond donors (Lipinski definition) is 0. The molecule has 0 saturated carbocycles. The van der Waals surface area contributed by atoms with Crippen LogP contribution in [0, 0.1) is 0 Å². The summed E-state index contributed by atoms with van der Waals surface area (Å²) in [6.45, 7) is 9.09. The Morgan fingerprint density at radius 3 is 1.20 bits per heavy atom. The second-order valence-electron chi connectivity index (χ2n) is 11.4. The fraction of sp³-hybridized carbons (Fsp3) is 0.189. The summed E-state index contributed by atoms with van der Waals surface area (Å²) in [6, 6.07) is 43.2. The van der Waals surface area contributed by atoms with Crippen LogP contribution in [0.2, 0.25) is 0 Å². The molecule has 0 radical (unpaired) electrons. The van der Waals surface area contributed by atoms with Crippen LogP contribution < -0.4 is 9.64 Å². The standard InChI is InChI=1S/C37H35Br2NO/c1-36(2,26-10-18-30(38)19-11-26)28-14-22-32(23-15-28)40(34-8-6-7-9-35(34)41-5)33-24-16-29(17-25-33)37(3,4)27-12-20-31(39)21-13-27/h6-25H,1-5H3. The van der Waals surface area contributed by atoms with Gasteiger partial charge in [-0.2, -0.15) is 0 Å². The van der Waals surface area contributed by atoms with E-state index in [9.17, 15) is 0 Å². The Labute approximate surface area is 261 Å². The fourth-order valence-corrected chi connectivity index (χ4v) is 5.89. The average Bonchev–Trinajstić information content (AvgIpc) is 2.98. The topological polar surface area (TPSA) is 12.5 Å². The summed E-state index contributed by atoms with van der Waals surface area (Å²) in [5.41, 5.74) is 7.96. The molecule has 0 atom stereocenters. The van der Waals surface area contributed by atoms with Gasteiger partial charge in [0.05, 0.1) is 12.8 Å². The van der Waals surface area contributed by atoms with Crippen molar-refractivity contribution in [3.63, 3.8) is 0 Å². The SMILES string of the molecule is COc1ccccc1N(c1ccc(C(C)(C)c2ccc(Br)cc2)cc1)c1ccc(C(C)(C)c2ccc(Br)cc2)cc1. The van der Waals surface area contributed by atoms with Gasteiger partial charge in [0.15, 0.2) is 0 Å². The van der Waals surface area contributed by atoms with E-state index in [2.05, 4.69) is 174 Å². The first-order valence-corrected chi connectivity index (χ1v) is 15.4. The van der Waals surface area contributed by atoms with Crippen LogP contribution in [-0.4, -0.2) is 7.11 Å². The highest BCUT2D eigenvalue weighted by atomic mass is 79.9. The Morgan fingerprint density at radius 2 is 0.829 bits per heavy atom. The van der Waals surface area contributed by atoms with E-state index < -0.39 is 0 Å². The van der Waals surface area contributed by atoms with Gasteiger partial charge in [-0.3, -0.25) is 0 Å². The van der Waals surface area contributed by atoms with Crippen molar-refractivity contribution in [2.45, 2.75) is 38.5 Å². The van der Waals surface area contributed by atoms with Crippen molar-refractivity contribution in [2.75, 3.05) is 12.0 Å². The molecule has 5 aromatic carbocycles. The maximum absolute atomic E-state index is 5.81. The van der Waals surface area contributed by atoms with Gasteiger partial charge in [-0.25, -0.2) is 0 Å². The highest BCUT2D eigenvalue weighted by Crippen LogP contribution is 2.42. The van der Waals surface area contributed by atoms with Gasteiger partial charge in [0.2, 0.25) is 0 Å². The number of nitrogens with zero attached hydrogens (tertiary/aromatic N) is 1. The van der Waals surface area contributed by atoms with Gasteiger partial charge in [-0.15, -0.1) is 0 Å². The Bertz CT molecular complexity index is 1500. The quantitative estimate of drug-likeness (QED) is 0.163. The van der Waals surface area contributed by atoms with E-state index in [1.165, 1.54) is 22.3 Å². The molecule has 0 spiro atoms. The molecule has 0 saturated heterocycles. The van der Waals surface area contributed by atoms with Crippen molar-refractivity contribution >= 4 is 48.9 Å². The van der Waals surface area contributed by atoms with Crippen LogP contribution in [0.15, 0.2) is 130 Å². The summed E-state index contributed by atoms with van der Waals surface area (Å²) >= 11 is 7.12. The Kier molecular flexibility index (Phi) is 8.45. The van der Waals surface area contributed by atoms with Gasteiger partial charge in [0.25, 0.3) is 0 Å². The van der Waals surface area contributed by atoms with E-state index >= 15 is 0 Å². The molecule has 0 unspecified atom stereocenters. The lowest BCUT2D eigenvalue weighted by molar-refractivity contribution is 0.416. The van der Waals surface area contributed by atoms with E-state index in [4.69, 9.17) is 4.74 Å². The zero-order valence-electron chi connectivity index (χ0n) is 24.2. The first-order valence-electron chi connectivity index (χ1n) is 13.8. The first kappa shape index (κ1) is 29.2. The van der Waals surface area contributed by atoms with Crippen LogP contribution in [-0.2, 0) is 10.8 Å². The average molecular weight is 670 g/mol. The van der Waals surface area contributed by atoms with Crippen molar-refractivity contribution in [3.8, 4) is 5.75 Å². The lowest BCUT2D eigenvalue weighted by Gasteiger charge is -2.30. The summed E-state index contributed by atoms with van der Waals surface area (Å²) in [5.74, 6) is 0.825.